The van der Waals surface area contributed by atoms with Gasteiger partial charge >= 0.3 is 0 Å². The second-order valence-electron chi connectivity index (χ2n) is 4.05. The Morgan fingerprint density at radius 2 is 2.13 bits per heavy atom. The fourth-order valence-electron chi connectivity index (χ4n) is 1.88. The summed E-state index contributed by atoms with van der Waals surface area (Å²) in [6.07, 6.45) is 4.74. The molecule has 1 aliphatic rings. The molecule has 15 heavy (non-hydrogen) atoms. The highest BCUT2D eigenvalue weighted by Crippen LogP contribution is 2.17. The van der Waals surface area contributed by atoms with Gasteiger partial charge in [0.15, 0.2) is 0 Å². The summed E-state index contributed by atoms with van der Waals surface area (Å²) >= 11 is 0. The third-order valence-electron chi connectivity index (χ3n) is 2.94. The number of aromatic nitrogens is 2. The summed E-state index contributed by atoms with van der Waals surface area (Å²) in [5.41, 5.74) is 6.98. The van der Waals surface area contributed by atoms with Gasteiger partial charge in [0.05, 0.1) is 0 Å². The van der Waals surface area contributed by atoms with Gasteiger partial charge in [-0.25, -0.2) is 9.97 Å². The van der Waals surface area contributed by atoms with E-state index in [1.54, 1.807) is 6.33 Å². The predicted molar refractivity (Wildman–Crippen MR) is 60.8 cm³/mol. The number of rotatable bonds is 2. The second kappa shape index (κ2) is 4.57. The van der Waals surface area contributed by atoms with Gasteiger partial charge < -0.3 is 10.6 Å². The first-order valence-corrected chi connectivity index (χ1v) is 5.61. The van der Waals surface area contributed by atoms with Gasteiger partial charge in [-0.15, -0.1) is 0 Å². The van der Waals surface area contributed by atoms with Crippen LogP contribution in [-0.4, -0.2) is 29.1 Å². The zero-order valence-electron chi connectivity index (χ0n) is 9.19. The van der Waals surface area contributed by atoms with Crippen LogP contribution in [0.2, 0.25) is 0 Å². The van der Waals surface area contributed by atoms with Crippen molar-refractivity contribution in [3.8, 4) is 0 Å². The average Bonchev–Trinajstić information content (AvgIpc) is 2.30. The minimum atomic E-state index is 0.369. The van der Waals surface area contributed by atoms with Crippen LogP contribution in [0, 0.1) is 0 Å². The van der Waals surface area contributed by atoms with Gasteiger partial charge in [-0.2, -0.15) is 0 Å². The molecule has 0 unspecified atom stereocenters. The van der Waals surface area contributed by atoms with Crippen LogP contribution < -0.4 is 10.6 Å². The van der Waals surface area contributed by atoms with Crippen LogP contribution >= 0.6 is 0 Å². The van der Waals surface area contributed by atoms with Crippen molar-refractivity contribution in [1.82, 2.24) is 9.97 Å². The molecule has 0 atom stereocenters. The molecule has 0 amide bonds. The highest BCUT2D eigenvalue weighted by molar-refractivity contribution is 5.39. The maximum atomic E-state index is 5.87. The molecule has 4 nitrogen and oxygen atoms in total. The van der Waals surface area contributed by atoms with Crippen molar-refractivity contribution >= 4 is 5.82 Å². The molecule has 0 spiro atoms. The highest BCUT2D eigenvalue weighted by atomic mass is 15.2. The maximum Gasteiger partial charge on any atom is 0.132 e. The molecule has 0 radical (unpaired) electrons. The van der Waals surface area contributed by atoms with Gasteiger partial charge in [-0.05, 0) is 19.3 Å². The summed E-state index contributed by atoms with van der Waals surface area (Å²) in [5, 5.41) is 0. The zero-order chi connectivity index (χ0) is 10.7. The van der Waals surface area contributed by atoms with Crippen molar-refractivity contribution in [2.24, 2.45) is 5.73 Å². The first-order chi connectivity index (χ1) is 7.29. The SMILES string of the molecule is CCc1cc(N2CCC(N)CC2)ncn1. The lowest BCUT2D eigenvalue weighted by Crippen LogP contribution is -2.40. The Hall–Kier alpha value is -1.16. The number of hydrogen-bond acceptors (Lipinski definition) is 4. The average molecular weight is 206 g/mol. The number of nitrogens with zero attached hydrogens (tertiary/aromatic N) is 3. The first kappa shape index (κ1) is 10.4. The largest absolute Gasteiger partial charge is 0.356 e. The summed E-state index contributed by atoms with van der Waals surface area (Å²) in [6.45, 7) is 4.14. The van der Waals surface area contributed by atoms with E-state index in [-0.39, 0.29) is 0 Å². The number of aryl methyl sites for hydroxylation is 1. The Kier molecular flexibility index (Phi) is 3.16. The molecule has 1 aromatic heterocycles. The van der Waals surface area contributed by atoms with Crippen molar-refractivity contribution < 1.29 is 0 Å². The van der Waals surface area contributed by atoms with Crippen molar-refractivity contribution in [3.05, 3.63) is 18.1 Å². The molecular weight excluding hydrogens is 188 g/mol. The molecule has 0 saturated carbocycles. The van der Waals surface area contributed by atoms with Crippen molar-refractivity contribution in [2.45, 2.75) is 32.2 Å². The van der Waals surface area contributed by atoms with Gasteiger partial charge in [0.2, 0.25) is 0 Å². The van der Waals surface area contributed by atoms with E-state index < -0.39 is 0 Å². The standard InChI is InChI=1S/C11H18N4/c1-2-10-7-11(14-8-13-10)15-5-3-9(12)4-6-15/h7-9H,2-6,12H2,1H3. The third-order valence-corrected chi connectivity index (χ3v) is 2.94. The molecule has 2 heterocycles. The molecule has 1 saturated heterocycles. The summed E-state index contributed by atoms with van der Waals surface area (Å²) in [6, 6.07) is 2.45. The fraction of sp³-hybridized carbons (Fsp3) is 0.636. The molecular formula is C11H18N4. The number of piperidine rings is 1. The Labute approximate surface area is 90.5 Å². The van der Waals surface area contributed by atoms with Gasteiger partial charge in [0.25, 0.3) is 0 Å². The Bertz CT molecular complexity index is 318. The molecule has 0 aliphatic carbocycles. The minimum Gasteiger partial charge on any atom is -0.356 e. The lowest BCUT2D eigenvalue weighted by molar-refractivity contribution is 0.498. The molecule has 4 heteroatoms. The quantitative estimate of drug-likeness (QED) is 0.783. The van der Waals surface area contributed by atoms with E-state index in [9.17, 15) is 0 Å². The van der Waals surface area contributed by atoms with Crippen LogP contribution in [-0.2, 0) is 6.42 Å². The predicted octanol–water partition coefficient (Wildman–Crippen LogP) is 0.967. The lowest BCUT2D eigenvalue weighted by Gasteiger charge is -2.31. The lowest BCUT2D eigenvalue weighted by atomic mass is 10.1. The van der Waals surface area contributed by atoms with E-state index in [0.29, 0.717) is 6.04 Å². The van der Waals surface area contributed by atoms with Gasteiger partial charge in [0.1, 0.15) is 12.1 Å². The van der Waals surface area contributed by atoms with E-state index in [1.165, 1.54) is 0 Å². The molecule has 82 valence electrons. The number of anilines is 1. The molecule has 0 aromatic carbocycles. The normalized spacial score (nSPS) is 18.1. The maximum absolute atomic E-state index is 5.87. The van der Waals surface area contributed by atoms with E-state index in [4.69, 9.17) is 5.73 Å². The summed E-state index contributed by atoms with van der Waals surface area (Å²) in [7, 11) is 0. The molecule has 0 bridgehead atoms. The van der Waals surface area contributed by atoms with E-state index in [2.05, 4.69) is 27.9 Å². The fourth-order valence-corrected chi connectivity index (χ4v) is 1.88. The topological polar surface area (TPSA) is 55.0 Å². The van der Waals surface area contributed by atoms with Crippen LogP contribution in [0.1, 0.15) is 25.5 Å². The third kappa shape index (κ3) is 2.45. The second-order valence-corrected chi connectivity index (χ2v) is 4.05. The summed E-state index contributed by atoms with van der Waals surface area (Å²) < 4.78 is 0. The van der Waals surface area contributed by atoms with Crippen LogP contribution in [0.15, 0.2) is 12.4 Å². The molecule has 1 aliphatic heterocycles. The smallest absolute Gasteiger partial charge is 0.132 e. The van der Waals surface area contributed by atoms with Crippen LogP contribution in [0.4, 0.5) is 5.82 Å². The van der Waals surface area contributed by atoms with Gasteiger partial charge in [-0.1, -0.05) is 6.92 Å². The van der Waals surface area contributed by atoms with Crippen molar-refractivity contribution in [1.29, 1.82) is 0 Å². The number of hydrogen-bond donors (Lipinski definition) is 1. The number of nitrogens with two attached hydrogens (primary N) is 1. The monoisotopic (exact) mass is 206 g/mol. The first-order valence-electron chi connectivity index (χ1n) is 5.61. The molecule has 2 N–H and O–H groups in total. The van der Waals surface area contributed by atoms with E-state index in [1.807, 2.05) is 0 Å². The van der Waals surface area contributed by atoms with E-state index >= 15 is 0 Å². The highest BCUT2D eigenvalue weighted by Gasteiger charge is 2.17. The minimum absolute atomic E-state index is 0.369. The van der Waals surface area contributed by atoms with Crippen LogP contribution in [0.5, 0.6) is 0 Å². The van der Waals surface area contributed by atoms with Crippen molar-refractivity contribution in [2.75, 3.05) is 18.0 Å². The molecule has 1 fully saturated rings. The Morgan fingerprint density at radius 1 is 1.40 bits per heavy atom. The Balaban J connectivity index is 2.08. The Morgan fingerprint density at radius 3 is 2.80 bits per heavy atom. The zero-order valence-corrected chi connectivity index (χ0v) is 9.19. The molecule has 1 aromatic rings. The van der Waals surface area contributed by atoms with Crippen LogP contribution in [0.3, 0.4) is 0 Å². The van der Waals surface area contributed by atoms with Crippen LogP contribution in [0.25, 0.3) is 0 Å². The molecule has 2 rings (SSSR count). The summed E-state index contributed by atoms with van der Waals surface area (Å²) in [5.74, 6) is 1.05. The van der Waals surface area contributed by atoms with E-state index in [0.717, 1.165) is 43.9 Å². The van der Waals surface area contributed by atoms with Crippen molar-refractivity contribution in [3.63, 3.8) is 0 Å². The summed E-state index contributed by atoms with van der Waals surface area (Å²) in [4.78, 5) is 10.8. The van der Waals surface area contributed by atoms with Gasteiger partial charge in [0, 0.05) is 30.9 Å². The van der Waals surface area contributed by atoms with Gasteiger partial charge in [-0.3, -0.25) is 0 Å².